The molecule has 9 nitrogen and oxygen atoms in total. The number of methoxy groups -OCH3 is 1. The number of aromatic nitrogens is 4. The monoisotopic (exact) mass is 494 g/mol. The van der Waals surface area contributed by atoms with E-state index < -0.39 is 10.0 Å². The van der Waals surface area contributed by atoms with Crippen LogP contribution in [-0.4, -0.2) is 48.2 Å². The Morgan fingerprint density at radius 3 is 2.57 bits per heavy atom. The van der Waals surface area contributed by atoms with Gasteiger partial charge in [0.1, 0.15) is 11.5 Å². The average molecular weight is 495 g/mol. The van der Waals surface area contributed by atoms with Gasteiger partial charge < -0.3 is 14.6 Å². The number of nitrogens with one attached hydrogen (secondary N) is 2. The lowest BCUT2D eigenvalue weighted by Gasteiger charge is -2.11. The van der Waals surface area contributed by atoms with Crippen LogP contribution in [0.25, 0.3) is 11.4 Å². The summed E-state index contributed by atoms with van der Waals surface area (Å²) in [5, 5.41) is 3.11. The van der Waals surface area contributed by atoms with Gasteiger partial charge in [0.2, 0.25) is 16.0 Å². The lowest BCUT2D eigenvalue weighted by molar-refractivity contribution is 0.204. The van der Waals surface area contributed by atoms with Crippen molar-refractivity contribution >= 4 is 37.6 Å². The number of ether oxygens (including phenoxy) is 1. The number of rotatable bonds is 9. The van der Waals surface area contributed by atoms with E-state index in [-0.39, 0.29) is 11.4 Å². The molecule has 2 heterocycles. The van der Waals surface area contributed by atoms with Gasteiger partial charge in [0.15, 0.2) is 0 Å². The summed E-state index contributed by atoms with van der Waals surface area (Å²) in [6, 6.07) is 6.37. The summed E-state index contributed by atoms with van der Waals surface area (Å²) in [6.07, 6.45) is 3.46. The van der Waals surface area contributed by atoms with Crippen LogP contribution in [0.1, 0.15) is 12.7 Å². The normalized spacial score (nSPS) is 11.6. The standard InChI is InChI=1S/C19H23BrN6O3S/c1-4-26-13(2)21-12-17(26)18-16(20)11-22-19(25-18)24-14-5-7-15(8-6-14)30(27,28)23-9-10-29-3/h5-8,11-12,23H,4,9-10H2,1-3H3,(H,22,24,25). The molecule has 160 valence electrons. The average Bonchev–Trinajstić information content (AvgIpc) is 3.10. The smallest absolute Gasteiger partial charge is 0.240 e. The van der Waals surface area contributed by atoms with E-state index in [9.17, 15) is 8.42 Å². The minimum absolute atomic E-state index is 0.170. The zero-order chi connectivity index (χ0) is 21.7. The maximum absolute atomic E-state index is 12.3. The largest absolute Gasteiger partial charge is 0.383 e. The van der Waals surface area contributed by atoms with E-state index in [1.165, 1.54) is 19.2 Å². The number of aryl methyl sites for hydroxylation is 1. The molecule has 0 bridgehead atoms. The number of anilines is 2. The highest BCUT2D eigenvalue weighted by atomic mass is 79.9. The number of nitrogens with zero attached hydrogens (tertiary/aromatic N) is 4. The van der Waals surface area contributed by atoms with Gasteiger partial charge in [-0.05, 0) is 54.0 Å². The van der Waals surface area contributed by atoms with E-state index in [4.69, 9.17) is 4.74 Å². The van der Waals surface area contributed by atoms with Crippen molar-refractivity contribution in [2.24, 2.45) is 0 Å². The summed E-state index contributed by atoms with van der Waals surface area (Å²) in [4.78, 5) is 13.4. The molecule has 2 N–H and O–H groups in total. The van der Waals surface area contributed by atoms with Gasteiger partial charge in [0.05, 0.1) is 27.9 Å². The Kier molecular flexibility index (Phi) is 7.19. The first-order chi connectivity index (χ1) is 14.4. The van der Waals surface area contributed by atoms with E-state index in [0.717, 1.165) is 28.2 Å². The van der Waals surface area contributed by atoms with Gasteiger partial charge in [-0.3, -0.25) is 0 Å². The number of hydrogen-bond acceptors (Lipinski definition) is 7. The van der Waals surface area contributed by atoms with Crippen molar-refractivity contribution in [3.63, 3.8) is 0 Å². The highest BCUT2D eigenvalue weighted by Gasteiger charge is 2.15. The van der Waals surface area contributed by atoms with E-state index in [0.29, 0.717) is 18.2 Å². The van der Waals surface area contributed by atoms with Crippen LogP contribution in [0.5, 0.6) is 0 Å². The molecule has 11 heteroatoms. The predicted molar refractivity (Wildman–Crippen MR) is 118 cm³/mol. The van der Waals surface area contributed by atoms with E-state index in [1.54, 1.807) is 24.5 Å². The molecule has 0 saturated heterocycles. The first-order valence-corrected chi connectivity index (χ1v) is 11.5. The molecule has 0 unspecified atom stereocenters. The van der Waals surface area contributed by atoms with E-state index in [2.05, 4.69) is 45.5 Å². The summed E-state index contributed by atoms with van der Waals surface area (Å²) in [5.74, 6) is 1.30. The second-order valence-electron chi connectivity index (χ2n) is 6.37. The summed E-state index contributed by atoms with van der Waals surface area (Å²) < 4.78 is 34.7. The highest BCUT2D eigenvalue weighted by Crippen LogP contribution is 2.28. The molecule has 0 radical (unpaired) electrons. The minimum Gasteiger partial charge on any atom is -0.383 e. The van der Waals surface area contributed by atoms with E-state index in [1.807, 2.05) is 13.8 Å². The lowest BCUT2D eigenvalue weighted by atomic mass is 10.3. The van der Waals surface area contributed by atoms with Crippen LogP contribution in [0.2, 0.25) is 0 Å². The molecule has 3 aromatic rings. The fraction of sp³-hybridized carbons (Fsp3) is 0.316. The second-order valence-corrected chi connectivity index (χ2v) is 8.99. The van der Waals surface area contributed by atoms with Gasteiger partial charge in [-0.2, -0.15) is 0 Å². The number of hydrogen-bond donors (Lipinski definition) is 2. The van der Waals surface area contributed by atoms with Gasteiger partial charge in [-0.15, -0.1) is 0 Å². The third kappa shape index (κ3) is 5.04. The third-order valence-electron chi connectivity index (χ3n) is 4.38. The van der Waals surface area contributed by atoms with Crippen LogP contribution in [0.15, 0.2) is 46.0 Å². The Morgan fingerprint density at radius 1 is 1.17 bits per heavy atom. The highest BCUT2D eigenvalue weighted by molar-refractivity contribution is 9.10. The fourth-order valence-electron chi connectivity index (χ4n) is 2.87. The fourth-order valence-corrected chi connectivity index (χ4v) is 4.28. The molecule has 0 spiro atoms. The Labute approximate surface area is 184 Å². The molecule has 30 heavy (non-hydrogen) atoms. The quantitative estimate of drug-likeness (QED) is 0.439. The van der Waals surface area contributed by atoms with Crippen molar-refractivity contribution in [1.29, 1.82) is 0 Å². The summed E-state index contributed by atoms with van der Waals surface area (Å²) in [6.45, 7) is 5.28. The summed E-state index contributed by atoms with van der Waals surface area (Å²) in [5.41, 5.74) is 2.27. The van der Waals surface area contributed by atoms with Crippen molar-refractivity contribution in [3.8, 4) is 11.4 Å². The number of sulfonamides is 1. The molecule has 3 rings (SSSR count). The SMILES string of the molecule is CCn1c(-c2nc(Nc3ccc(S(=O)(=O)NCCOC)cc3)ncc2Br)cnc1C. The zero-order valence-corrected chi connectivity index (χ0v) is 19.3. The number of benzene rings is 1. The first kappa shape index (κ1) is 22.3. The Morgan fingerprint density at radius 2 is 1.90 bits per heavy atom. The molecule has 0 atom stereocenters. The second kappa shape index (κ2) is 9.65. The van der Waals surface area contributed by atoms with Crippen molar-refractivity contribution in [1.82, 2.24) is 24.2 Å². The molecule has 0 aliphatic carbocycles. The van der Waals surface area contributed by atoms with Crippen LogP contribution >= 0.6 is 15.9 Å². The molecular formula is C19H23BrN6O3S. The molecular weight excluding hydrogens is 472 g/mol. The van der Waals surface area contributed by atoms with Gasteiger partial charge >= 0.3 is 0 Å². The lowest BCUT2D eigenvalue weighted by Crippen LogP contribution is -2.27. The van der Waals surface area contributed by atoms with Gasteiger partial charge in [-0.1, -0.05) is 0 Å². The summed E-state index contributed by atoms with van der Waals surface area (Å²) in [7, 11) is -2.07. The number of imidazole rings is 1. The van der Waals surface area contributed by atoms with Crippen LogP contribution < -0.4 is 10.0 Å². The van der Waals surface area contributed by atoms with Crippen molar-refractivity contribution in [2.45, 2.75) is 25.3 Å². The third-order valence-corrected chi connectivity index (χ3v) is 6.43. The van der Waals surface area contributed by atoms with Crippen molar-refractivity contribution in [3.05, 3.63) is 47.0 Å². The Bertz CT molecular complexity index is 1120. The molecule has 0 fully saturated rings. The van der Waals surface area contributed by atoms with Gasteiger partial charge in [0, 0.05) is 32.1 Å². The van der Waals surface area contributed by atoms with Crippen molar-refractivity contribution in [2.75, 3.05) is 25.6 Å². The van der Waals surface area contributed by atoms with Crippen LogP contribution in [-0.2, 0) is 21.3 Å². The predicted octanol–water partition coefficient (Wildman–Crippen LogP) is 3.10. The molecule has 1 aromatic carbocycles. The molecule has 0 amide bonds. The van der Waals surface area contributed by atoms with Gasteiger partial charge in [-0.25, -0.2) is 28.1 Å². The zero-order valence-electron chi connectivity index (χ0n) is 16.9. The number of halogens is 1. The van der Waals surface area contributed by atoms with Crippen LogP contribution in [0.4, 0.5) is 11.6 Å². The van der Waals surface area contributed by atoms with Gasteiger partial charge in [0.25, 0.3) is 0 Å². The maximum Gasteiger partial charge on any atom is 0.240 e. The topological polar surface area (TPSA) is 111 Å². The molecule has 0 aliphatic rings. The Hall–Kier alpha value is -2.34. The Balaban J connectivity index is 1.80. The van der Waals surface area contributed by atoms with Crippen LogP contribution in [0.3, 0.4) is 0 Å². The minimum atomic E-state index is -3.58. The van der Waals surface area contributed by atoms with E-state index >= 15 is 0 Å². The molecule has 0 saturated carbocycles. The summed E-state index contributed by atoms with van der Waals surface area (Å²) >= 11 is 3.51. The maximum atomic E-state index is 12.3. The van der Waals surface area contributed by atoms with Crippen LogP contribution in [0, 0.1) is 6.92 Å². The molecule has 0 aliphatic heterocycles. The van der Waals surface area contributed by atoms with Crippen molar-refractivity contribution < 1.29 is 13.2 Å². The first-order valence-electron chi connectivity index (χ1n) is 9.26. The molecule has 2 aromatic heterocycles.